The van der Waals surface area contributed by atoms with Crippen LogP contribution in [0.5, 0.6) is 0 Å². The molecule has 2 aromatic carbocycles. The van der Waals surface area contributed by atoms with Gasteiger partial charge in [0.2, 0.25) is 0 Å². The van der Waals surface area contributed by atoms with Crippen molar-refractivity contribution < 1.29 is 12.9 Å². The van der Waals surface area contributed by atoms with Gasteiger partial charge in [-0.05, 0) is 55.8 Å². The number of aryl methyl sites for hydroxylation is 2. The number of hydrogen-bond donors (Lipinski definition) is 2. The van der Waals surface area contributed by atoms with Crippen molar-refractivity contribution in [2.75, 3.05) is 10.0 Å². The number of hydrogen-bond acceptors (Lipinski definition) is 5. The first-order valence-corrected chi connectivity index (χ1v) is 8.81. The third-order valence-electron chi connectivity index (χ3n) is 3.34. The van der Waals surface area contributed by atoms with Gasteiger partial charge in [-0.3, -0.25) is 4.72 Å². The van der Waals surface area contributed by atoms with Gasteiger partial charge in [-0.2, -0.15) is 0 Å². The Kier molecular flexibility index (Phi) is 4.26. The van der Waals surface area contributed by atoms with Gasteiger partial charge in [0.25, 0.3) is 10.0 Å². The summed E-state index contributed by atoms with van der Waals surface area (Å²) in [4.78, 5) is 0.239. The van der Waals surface area contributed by atoms with E-state index in [0.717, 1.165) is 11.3 Å². The summed E-state index contributed by atoms with van der Waals surface area (Å²) in [7, 11) is -3.60. The predicted molar refractivity (Wildman–Crippen MR) is 93.0 cm³/mol. The summed E-state index contributed by atoms with van der Waals surface area (Å²) in [5.74, 6) is 1.31. The molecule has 1 aromatic heterocycles. The third-order valence-corrected chi connectivity index (χ3v) is 4.72. The van der Waals surface area contributed by atoms with Crippen LogP contribution in [0.3, 0.4) is 0 Å². The Bertz CT molecular complexity index is 947. The maximum absolute atomic E-state index is 12.4. The van der Waals surface area contributed by atoms with Crippen molar-refractivity contribution in [3.05, 3.63) is 65.9 Å². The van der Waals surface area contributed by atoms with Crippen molar-refractivity contribution in [1.82, 2.24) is 5.16 Å². The highest BCUT2D eigenvalue weighted by Gasteiger charge is 2.14. The van der Waals surface area contributed by atoms with Crippen LogP contribution in [-0.2, 0) is 10.0 Å². The Hall–Kier alpha value is -2.80. The van der Waals surface area contributed by atoms with Crippen LogP contribution >= 0.6 is 0 Å². The van der Waals surface area contributed by atoms with Crippen molar-refractivity contribution >= 4 is 27.2 Å². The minimum absolute atomic E-state index is 0.239. The smallest absolute Gasteiger partial charge is 0.261 e. The number of benzene rings is 2. The molecule has 0 radical (unpaired) electrons. The maximum Gasteiger partial charge on any atom is 0.261 e. The van der Waals surface area contributed by atoms with E-state index in [0.29, 0.717) is 17.3 Å². The zero-order valence-electron chi connectivity index (χ0n) is 13.3. The van der Waals surface area contributed by atoms with E-state index >= 15 is 0 Å². The molecule has 3 aromatic rings. The molecule has 0 saturated carbocycles. The molecule has 0 aliphatic rings. The highest BCUT2D eigenvalue weighted by molar-refractivity contribution is 7.92. The van der Waals surface area contributed by atoms with Crippen LogP contribution in [-0.4, -0.2) is 13.6 Å². The van der Waals surface area contributed by atoms with E-state index in [1.54, 1.807) is 55.5 Å². The topological polar surface area (TPSA) is 84.2 Å². The van der Waals surface area contributed by atoms with E-state index in [1.165, 1.54) is 0 Å². The van der Waals surface area contributed by atoms with Gasteiger partial charge in [0, 0.05) is 17.4 Å². The maximum atomic E-state index is 12.4. The van der Waals surface area contributed by atoms with Crippen molar-refractivity contribution in [3.63, 3.8) is 0 Å². The molecule has 2 N–H and O–H groups in total. The van der Waals surface area contributed by atoms with Gasteiger partial charge in [0.05, 0.1) is 4.90 Å². The molecule has 0 unspecified atom stereocenters. The van der Waals surface area contributed by atoms with E-state index in [9.17, 15) is 8.42 Å². The first-order valence-electron chi connectivity index (χ1n) is 7.32. The Morgan fingerprint density at radius 3 is 2.29 bits per heavy atom. The molecule has 24 heavy (non-hydrogen) atoms. The second kappa shape index (κ2) is 6.37. The highest BCUT2D eigenvalue weighted by atomic mass is 32.2. The van der Waals surface area contributed by atoms with Crippen LogP contribution in [0.15, 0.2) is 64.0 Å². The fraction of sp³-hybridized carbons (Fsp3) is 0.118. The lowest BCUT2D eigenvalue weighted by Crippen LogP contribution is -2.13. The molecule has 0 aliphatic heterocycles. The molecule has 1 heterocycles. The minimum Gasteiger partial charge on any atom is -0.360 e. The molecule has 0 saturated heterocycles. The number of nitrogens with one attached hydrogen (secondary N) is 2. The number of anilines is 3. The molecule has 0 atom stereocenters. The van der Waals surface area contributed by atoms with E-state index in [2.05, 4.69) is 15.2 Å². The molecule has 0 aliphatic carbocycles. The molecule has 124 valence electrons. The summed E-state index contributed by atoms with van der Waals surface area (Å²) in [5, 5.41) is 6.92. The van der Waals surface area contributed by atoms with Gasteiger partial charge >= 0.3 is 0 Å². The number of nitrogens with zero attached hydrogens (tertiary/aromatic N) is 1. The zero-order chi connectivity index (χ0) is 17.2. The van der Waals surface area contributed by atoms with Crippen LogP contribution in [0.1, 0.15) is 11.3 Å². The monoisotopic (exact) mass is 343 g/mol. The zero-order valence-corrected chi connectivity index (χ0v) is 14.1. The lowest BCUT2D eigenvalue weighted by Gasteiger charge is -2.09. The van der Waals surface area contributed by atoms with Crippen LogP contribution < -0.4 is 10.0 Å². The van der Waals surface area contributed by atoms with E-state index < -0.39 is 10.0 Å². The molecule has 0 fully saturated rings. The summed E-state index contributed by atoms with van der Waals surface area (Å²) in [5.41, 5.74) is 2.15. The Labute approximate surface area is 140 Å². The highest BCUT2D eigenvalue weighted by Crippen LogP contribution is 2.21. The van der Waals surface area contributed by atoms with Gasteiger partial charge in [-0.15, -0.1) is 0 Å². The summed E-state index contributed by atoms with van der Waals surface area (Å²) < 4.78 is 32.3. The Morgan fingerprint density at radius 2 is 1.67 bits per heavy atom. The van der Waals surface area contributed by atoms with Crippen LogP contribution in [0, 0.1) is 13.8 Å². The van der Waals surface area contributed by atoms with Crippen molar-refractivity contribution in [3.8, 4) is 0 Å². The van der Waals surface area contributed by atoms with Gasteiger partial charge < -0.3 is 9.84 Å². The van der Waals surface area contributed by atoms with Gasteiger partial charge in [0.15, 0.2) is 5.82 Å². The summed E-state index contributed by atoms with van der Waals surface area (Å²) in [6, 6.07) is 15.4. The summed E-state index contributed by atoms with van der Waals surface area (Å²) >= 11 is 0. The molecule has 0 spiro atoms. The first kappa shape index (κ1) is 16.1. The van der Waals surface area contributed by atoms with E-state index in [-0.39, 0.29) is 4.90 Å². The van der Waals surface area contributed by atoms with E-state index in [1.807, 2.05) is 13.0 Å². The Morgan fingerprint density at radius 1 is 0.958 bits per heavy atom. The van der Waals surface area contributed by atoms with Gasteiger partial charge in [-0.1, -0.05) is 17.3 Å². The van der Waals surface area contributed by atoms with E-state index in [4.69, 9.17) is 4.52 Å². The minimum atomic E-state index is -3.60. The van der Waals surface area contributed by atoms with Crippen molar-refractivity contribution in [2.45, 2.75) is 18.7 Å². The number of sulfonamides is 1. The third kappa shape index (κ3) is 3.75. The van der Waals surface area contributed by atoms with Crippen molar-refractivity contribution in [1.29, 1.82) is 0 Å². The van der Waals surface area contributed by atoms with Crippen molar-refractivity contribution in [2.24, 2.45) is 0 Å². The second-order valence-corrected chi connectivity index (χ2v) is 7.13. The molecular formula is C17H17N3O3S. The normalized spacial score (nSPS) is 11.2. The predicted octanol–water partition coefficient (Wildman–Crippen LogP) is 3.84. The van der Waals surface area contributed by atoms with Gasteiger partial charge in [0.1, 0.15) is 5.76 Å². The molecular weight excluding hydrogens is 326 g/mol. The van der Waals surface area contributed by atoms with Crippen LogP contribution in [0.2, 0.25) is 0 Å². The SMILES string of the molecule is Cc1cccc(S(=O)(=O)Nc2ccc(Nc3cc(C)on3)cc2)c1. The average molecular weight is 343 g/mol. The fourth-order valence-corrected chi connectivity index (χ4v) is 3.35. The number of rotatable bonds is 5. The lowest BCUT2D eigenvalue weighted by atomic mass is 10.2. The lowest BCUT2D eigenvalue weighted by molar-refractivity contribution is 0.400. The van der Waals surface area contributed by atoms with Crippen LogP contribution in [0.25, 0.3) is 0 Å². The average Bonchev–Trinajstić information content (AvgIpc) is 2.94. The largest absolute Gasteiger partial charge is 0.360 e. The standard InChI is InChI=1S/C17H17N3O3S/c1-12-4-3-5-16(10-12)24(21,22)20-15-8-6-14(7-9-15)18-17-11-13(2)23-19-17/h3-11,20H,1-2H3,(H,18,19). The number of aromatic nitrogens is 1. The van der Waals surface area contributed by atoms with Gasteiger partial charge in [-0.25, -0.2) is 8.42 Å². The second-order valence-electron chi connectivity index (χ2n) is 5.45. The molecule has 3 rings (SSSR count). The first-order chi connectivity index (χ1) is 11.4. The summed E-state index contributed by atoms with van der Waals surface area (Å²) in [6.07, 6.45) is 0. The van der Waals surface area contributed by atoms with Crippen LogP contribution in [0.4, 0.5) is 17.2 Å². The molecule has 0 amide bonds. The fourth-order valence-electron chi connectivity index (χ4n) is 2.19. The molecule has 7 heteroatoms. The Balaban J connectivity index is 1.74. The molecule has 6 nitrogen and oxygen atoms in total. The quantitative estimate of drug-likeness (QED) is 0.735. The summed E-state index contributed by atoms with van der Waals surface area (Å²) in [6.45, 7) is 3.66. The molecule has 0 bridgehead atoms.